The van der Waals surface area contributed by atoms with Gasteiger partial charge in [-0.3, -0.25) is 0 Å². The van der Waals surface area contributed by atoms with Gasteiger partial charge in [-0.05, 0) is 18.1 Å². The van der Waals surface area contributed by atoms with Crippen molar-refractivity contribution in [3.05, 3.63) is 53.2 Å². The van der Waals surface area contributed by atoms with E-state index in [0.29, 0.717) is 11.3 Å². The normalized spacial score (nSPS) is 14.0. The zero-order valence-electron chi connectivity index (χ0n) is 13.9. The average molecular weight is 337 g/mol. The summed E-state index contributed by atoms with van der Waals surface area (Å²) in [6.07, 6.45) is 1.59. The molecule has 2 aromatic rings. The van der Waals surface area contributed by atoms with Crippen LogP contribution >= 0.6 is 0 Å². The predicted octanol–water partition coefficient (Wildman–Crippen LogP) is 3.14. The molecule has 126 valence electrons. The Morgan fingerprint density at radius 3 is 2.22 bits per heavy atom. The molecule has 1 heterocycles. The quantitative estimate of drug-likeness (QED) is 0.906. The number of oxazole rings is 1. The second-order valence-electron chi connectivity index (χ2n) is 6.74. The second kappa shape index (κ2) is 6.45. The first-order valence-corrected chi connectivity index (χ1v) is 9.21. The highest BCUT2D eigenvalue weighted by atomic mass is 32.2. The van der Waals surface area contributed by atoms with E-state index in [0.717, 1.165) is 5.56 Å². The Morgan fingerprint density at radius 1 is 1.17 bits per heavy atom. The van der Waals surface area contributed by atoms with Crippen LogP contribution in [0.5, 0.6) is 0 Å². The molecule has 0 saturated heterocycles. The Balaban J connectivity index is 2.19. The highest BCUT2D eigenvalue weighted by Gasteiger charge is 2.29. The van der Waals surface area contributed by atoms with Crippen molar-refractivity contribution in [3.8, 4) is 0 Å². The highest BCUT2D eigenvalue weighted by molar-refractivity contribution is 7.90. The molecule has 1 aromatic heterocycles. The molecule has 6 heteroatoms. The molecule has 0 aliphatic carbocycles. The van der Waals surface area contributed by atoms with Crippen LogP contribution in [-0.4, -0.2) is 18.5 Å². The molecule has 0 fully saturated rings. The third-order valence-electron chi connectivity index (χ3n) is 3.72. The van der Waals surface area contributed by atoms with Crippen molar-refractivity contribution in [1.29, 1.82) is 0 Å². The highest BCUT2D eigenvalue weighted by Crippen LogP contribution is 2.29. The molecule has 0 aliphatic heterocycles. The first-order chi connectivity index (χ1) is 10.6. The third-order valence-corrected chi connectivity index (χ3v) is 5.74. The largest absolute Gasteiger partial charge is 0.444 e. The minimum Gasteiger partial charge on any atom is -0.444 e. The van der Waals surface area contributed by atoms with Gasteiger partial charge in [0.15, 0.2) is 9.84 Å². The van der Waals surface area contributed by atoms with Crippen molar-refractivity contribution >= 4 is 9.84 Å². The topological polar surface area (TPSA) is 80.4 Å². The molecule has 0 saturated carbocycles. The van der Waals surface area contributed by atoms with Gasteiger partial charge in [0.2, 0.25) is 5.89 Å². The number of nitrogens with zero attached hydrogens (tertiary/aromatic N) is 1. The van der Waals surface area contributed by atoms with E-state index in [9.17, 15) is 8.42 Å². The van der Waals surface area contributed by atoms with E-state index >= 15 is 0 Å². The van der Waals surface area contributed by atoms with E-state index < -0.39 is 15.1 Å². The van der Waals surface area contributed by atoms with E-state index in [1.807, 2.05) is 20.8 Å². The number of aromatic nitrogens is 1. The van der Waals surface area contributed by atoms with Crippen LogP contribution in [-0.2, 0) is 27.6 Å². The zero-order valence-corrected chi connectivity index (χ0v) is 14.7. The van der Waals surface area contributed by atoms with Crippen LogP contribution in [0.2, 0.25) is 0 Å². The average Bonchev–Trinajstić information content (AvgIpc) is 2.96. The fourth-order valence-electron chi connectivity index (χ4n) is 2.07. The fourth-order valence-corrected chi connectivity index (χ4v) is 3.40. The van der Waals surface area contributed by atoms with E-state index in [4.69, 9.17) is 9.52 Å². The van der Waals surface area contributed by atoms with E-state index in [1.54, 1.807) is 37.4 Å². The van der Waals surface area contributed by atoms with Crippen molar-refractivity contribution in [2.75, 3.05) is 0 Å². The van der Waals surface area contributed by atoms with Gasteiger partial charge in [-0.15, -0.1) is 0 Å². The predicted molar refractivity (Wildman–Crippen MR) is 88.6 cm³/mol. The maximum absolute atomic E-state index is 12.6. The molecule has 0 radical (unpaired) electrons. The molecule has 0 bridgehead atoms. The molecule has 1 unspecified atom stereocenters. The van der Waals surface area contributed by atoms with Crippen LogP contribution < -0.4 is 0 Å². The van der Waals surface area contributed by atoms with Gasteiger partial charge in [0, 0.05) is 5.41 Å². The molecule has 0 amide bonds. The smallest absolute Gasteiger partial charge is 0.212 e. The summed E-state index contributed by atoms with van der Waals surface area (Å²) in [6.45, 7) is 7.49. The minimum absolute atomic E-state index is 0.0602. The summed E-state index contributed by atoms with van der Waals surface area (Å²) in [7, 11) is -3.44. The molecule has 5 nitrogen and oxygen atoms in total. The van der Waals surface area contributed by atoms with Gasteiger partial charge < -0.3 is 9.52 Å². The van der Waals surface area contributed by atoms with Crippen LogP contribution in [0.1, 0.15) is 55.7 Å². The first kappa shape index (κ1) is 17.7. The third kappa shape index (κ3) is 4.20. The number of hydrogen-bond donors (Lipinski definition) is 1. The number of aliphatic hydroxyl groups is 1. The molecule has 0 spiro atoms. The maximum atomic E-state index is 12.6. The number of sulfone groups is 1. The van der Waals surface area contributed by atoms with Crippen LogP contribution in [0.4, 0.5) is 0 Å². The molecule has 1 N–H and O–H groups in total. The SMILES string of the molecule is CC(c1ncc(C(C)(C)C)o1)S(=O)(=O)Cc1ccc(CO)cc1. The summed E-state index contributed by atoms with van der Waals surface area (Å²) in [6, 6.07) is 6.87. The van der Waals surface area contributed by atoms with Crippen molar-refractivity contribution < 1.29 is 17.9 Å². The lowest BCUT2D eigenvalue weighted by Gasteiger charge is -2.14. The Kier molecular flexibility index (Phi) is 4.96. The first-order valence-electron chi connectivity index (χ1n) is 7.50. The van der Waals surface area contributed by atoms with Crippen LogP contribution in [0, 0.1) is 0 Å². The Bertz CT molecular complexity index is 755. The molecular formula is C17H23NO4S. The van der Waals surface area contributed by atoms with E-state index in [2.05, 4.69) is 4.98 Å². The van der Waals surface area contributed by atoms with Gasteiger partial charge in [-0.25, -0.2) is 13.4 Å². The van der Waals surface area contributed by atoms with Crippen molar-refractivity contribution in [3.63, 3.8) is 0 Å². The Morgan fingerprint density at radius 2 is 1.74 bits per heavy atom. The molecule has 1 atom stereocenters. The minimum atomic E-state index is -3.44. The molecule has 2 rings (SSSR count). The lowest BCUT2D eigenvalue weighted by molar-refractivity contribution is 0.282. The van der Waals surface area contributed by atoms with Gasteiger partial charge >= 0.3 is 0 Å². The van der Waals surface area contributed by atoms with Gasteiger partial charge in [0.25, 0.3) is 0 Å². The van der Waals surface area contributed by atoms with Crippen LogP contribution in [0.3, 0.4) is 0 Å². The second-order valence-corrected chi connectivity index (χ2v) is 9.06. The molecule has 23 heavy (non-hydrogen) atoms. The Labute approximate surface area is 137 Å². The summed E-state index contributed by atoms with van der Waals surface area (Å²) >= 11 is 0. The zero-order chi connectivity index (χ0) is 17.3. The number of rotatable bonds is 5. The monoisotopic (exact) mass is 337 g/mol. The lowest BCUT2D eigenvalue weighted by Crippen LogP contribution is -2.13. The van der Waals surface area contributed by atoms with Crippen LogP contribution in [0.15, 0.2) is 34.9 Å². The van der Waals surface area contributed by atoms with Crippen molar-refractivity contribution in [2.45, 2.75) is 50.7 Å². The molecular weight excluding hydrogens is 314 g/mol. The van der Waals surface area contributed by atoms with Gasteiger partial charge in [0.1, 0.15) is 11.0 Å². The summed E-state index contributed by atoms with van der Waals surface area (Å²) in [4.78, 5) is 4.14. The number of aliphatic hydroxyl groups excluding tert-OH is 1. The summed E-state index contributed by atoms with van der Waals surface area (Å²) in [5.74, 6) is 0.802. The number of hydrogen-bond acceptors (Lipinski definition) is 5. The van der Waals surface area contributed by atoms with Gasteiger partial charge in [0.05, 0.1) is 18.6 Å². The lowest BCUT2D eigenvalue weighted by atomic mass is 9.94. The maximum Gasteiger partial charge on any atom is 0.212 e. The summed E-state index contributed by atoms with van der Waals surface area (Å²) < 4.78 is 30.8. The Hall–Kier alpha value is -1.66. The van der Waals surface area contributed by atoms with E-state index in [1.165, 1.54) is 0 Å². The molecule has 0 aliphatic rings. The fraction of sp³-hybridized carbons (Fsp3) is 0.471. The van der Waals surface area contributed by atoms with Crippen molar-refractivity contribution in [2.24, 2.45) is 0 Å². The molecule has 1 aromatic carbocycles. The van der Waals surface area contributed by atoms with Crippen LogP contribution in [0.25, 0.3) is 0 Å². The standard InChI is InChI=1S/C17H23NO4S/c1-12(16-18-9-15(22-16)17(2,3)4)23(20,21)11-14-7-5-13(10-19)6-8-14/h5-9,12,19H,10-11H2,1-4H3. The van der Waals surface area contributed by atoms with Gasteiger partial charge in [-0.2, -0.15) is 0 Å². The van der Waals surface area contributed by atoms with E-state index in [-0.39, 0.29) is 23.7 Å². The van der Waals surface area contributed by atoms with Crippen molar-refractivity contribution in [1.82, 2.24) is 4.98 Å². The summed E-state index contributed by atoms with van der Waals surface area (Å²) in [5, 5.41) is 8.22. The van der Waals surface area contributed by atoms with Gasteiger partial charge in [-0.1, -0.05) is 45.0 Å². The summed E-state index contributed by atoms with van der Waals surface area (Å²) in [5.41, 5.74) is 1.22. The number of benzene rings is 1.